The number of nitrogens with one attached hydrogen (secondary N) is 1. The van der Waals surface area contributed by atoms with Gasteiger partial charge in [0.05, 0.1) is 17.5 Å². The van der Waals surface area contributed by atoms with Gasteiger partial charge in [-0.1, -0.05) is 18.2 Å². The van der Waals surface area contributed by atoms with Crippen molar-refractivity contribution in [2.24, 2.45) is 0 Å². The SMILES string of the molecule is Cc1nn(-c2ccc(F)cc2)c(Oc2ccccc2)c1CCC(=O)NC[C@@H]1CCCO1. The Labute approximate surface area is 181 Å². The second-order valence-corrected chi connectivity index (χ2v) is 7.61. The molecule has 1 atom stereocenters. The molecule has 162 valence electrons. The lowest BCUT2D eigenvalue weighted by molar-refractivity contribution is -0.121. The van der Waals surface area contributed by atoms with Gasteiger partial charge in [-0.15, -0.1) is 0 Å². The molecule has 3 aromatic rings. The van der Waals surface area contributed by atoms with E-state index in [1.165, 1.54) is 12.1 Å². The van der Waals surface area contributed by atoms with Gasteiger partial charge in [-0.2, -0.15) is 5.10 Å². The first-order valence-electron chi connectivity index (χ1n) is 10.6. The first kappa shape index (κ1) is 21.1. The van der Waals surface area contributed by atoms with E-state index in [9.17, 15) is 9.18 Å². The molecule has 0 aliphatic carbocycles. The van der Waals surface area contributed by atoms with Gasteiger partial charge in [-0.25, -0.2) is 9.07 Å². The van der Waals surface area contributed by atoms with E-state index < -0.39 is 0 Å². The largest absolute Gasteiger partial charge is 0.439 e. The number of para-hydroxylation sites is 1. The van der Waals surface area contributed by atoms with Gasteiger partial charge in [-0.05, 0) is 62.6 Å². The maximum Gasteiger partial charge on any atom is 0.226 e. The van der Waals surface area contributed by atoms with E-state index in [2.05, 4.69) is 10.4 Å². The fraction of sp³-hybridized carbons (Fsp3) is 0.333. The predicted molar refractivity (Wildman–Crippen MR) is 115 cm³/mol. The fourth-order valence-corrected chi connectivity index (χ4v) is 3.65. The van der Waals surface area contributed by atoms with Crippen LogP contribution >= 0.6 is 0 Å². The first-order valence-corrected chi connectivity index (χ1v) is 10.6. The highest BCUT2D eigenvalue weighted by Gasteiger charge is 2.21. The molecule has 6 nitrogen and oxygen atoms in total. The molecule has 0 bridgehead atoms. The second kappa shape index (κ2) is 9.75. The monoisotopic (exact) mass is 423 g/mol. The normalized spacial score (nSPS) is 15.7. The summed E-state index contributed by atoms with van der Waals surface area (Å²) in [7, 11) is 0. The van der Waals surface area contributed by atoms with Crippen LogP contribution in [0.5, 0.6) is 11.6 Å². The van der Waals surface area contributed by atoms with E-state index in [1.807, 2.05) is 37.3 Å². The zero-order valence-electron chi connectivity index (χ0n) is 17.5. The number of aryl methyl sites for hydroxylation is 1. The zero-order valence-corrected chi connectivity index (χ0v) is 17.5. The number of rotatable bonds is 8. The lowest BCUT2D eigenvalue weighted by Crippen LogP contribution is -2.31. The summed E-state index contributed by atoms with van der Waals surface area (Å²) >= 11 is 0. The third-order valence-corrected chi connectivity index (χ3v) is 5.32. The fourth-order valence-electron chi connectivity index (χ4n) is 3.65. The van der Waals surface area contributed by atoms with E-state index in [0.29, 0.717) is 36.7 Å². The van der Waals surface area contributed by atoms with Gasteiger partial charge in [0.15, 0.2) is 0 Å². The smallest absolute Gasteiger partial charge is 0.226 e. The summed E-state index contributed by atoms with van der Waals surface area (Å²) in [6.45, 7) is 3.19. The van der Waals surface area contributed by atoms with E-state index >= 15 is 0 Å². The molecule has 0 saturated carbocycles. The molecule has 0 radical (unpaired) electrons. The Hall–Kier alpha value is -3.19. The summed E-state index contributed by atoms with van der Waals surface area (Å²) in [5, 5.41) is 7.57. The summed E-state index contributed by atoms with van der Waals surface area (Å²) in [6.07, 6.45) is 2.94. The van der Waals surface area contributed by atoms with Crippen molar-refractivity contribution in [3.63, 3.8) is 0 Å². The van der Waals surface area contributed by atoms with Crippen molar-refractivity contribution in [2.75, 3.05) is 13.2 Å². The Morgan fingerprint density at radius 2 is 2.00 bits per heavy atom. The highest BCUT2D eigenvalue weighted by atomic mass is 19.1. The van der Waals surface area contributed by atoms with Crippen LogP contribution in [0.4, 0.5) is 4.39 Å². The van der Waals surface area contributed by atoms with Crippen LogP contribution in [0.2, 0.25) is 0 Å². The Morgan fingerprint density at radius 3 is 2.71 bits per heavy atom. The van der Waals surface area contributed by atoms with Crippen LogP contribution in [-0.2, 0) is 16.0 Å². The molecule has 0 unspecified atom stereocenters. The molecule has 2 aromatic carbocycles. The molecule has 7 heteroatoms. The molecule has 4 rings (SSSR count). The molecule has 1 aliphatic heterocycles. The summed E-state index contributed by atoms with van der Waals surface area (Å²) in [6, 6.07) is 15.5. The van der Waals surface area contributed by atoms with E-state index in [0.717, 1.165) is 30.7 Å². The number of nitrogens with zero attached hydrogens (tertiary/aromatic N) is 2. The first-order chi connectivity index (χ1) is 15.1. The lowest BCUT2D eigenvalue weighted by atomic mass is 10.1. The highest BCUT2D eigenvalue weighted by molar-refractivity contribution is 5.76. The maximum absolute atomic E-state index is 13.4. The van der Waals surface area contributed by atoms with Crippen LogP contribution in [0.15, 0.2) is 54.6 Å². The van der Waals surface area contributed by atoms with Gasteiger partial charge < -0.3 is 14.8 Å². The highest BCUT2D eigenvalue weighted by Crippen LogP contribution is 2.31. The molecular weight excluding hydrogens is 397 g/mol. The Kier molecular flexibility index (Phi) is 6.62. The number of amides is 1. The Balaban J connectivity index is 1.54. The van der Waals surface area contributed by atoms with Gasteiger partial charge in [0, 0.05) is 25.1 Å². The van der Waals surface area contributed by atoms with E-state index in [4.69, 9.17) is 9.47 Å². The standard InChI is InChI=1S/C24H26FN3O3/c1-17-22(13-14-23(29)26-16-21-8-5-15-30-21)24(31-20-6-3-2-4-7-20)28(27-17)19-11-9-18(25)10-12-19/h2-4,6-7,9-12,21H,5,8,13-16H2,1H3,(H,26,29)/t21-/m0/s1. The van der Waals surface area contributed by atoms with Gasteiger partial charge in [0.1, 0.15) is 11.6 Å². The van der Waals surface area contributed by atoms with Crippen LogP contribution < -0.4 is 10.1 Å². The minimum absolute atomic E-state index is 0.0323. The molecule has 2 heterocycles. The van der Waals surface area contributed by atoms with Crippen LogP contribution in [0.3, 0.4) is 0 Å². The van der Waals surface area contributed by atoms with Gasteiger partial charge in [0.2, 0.25) is 11.8 Å². The number of benzene rings is 2. The predicted octanol–water partition coefficient (Wildman–Crippen LogP) is 4.34. The van der Waals surface area contributed by atoms with Crippen molar-refractivity contribution >= 4 is 5.91 Å². The molecule has 0 spiro atoms. The second-order valence-electron chi connectivity index (χ2n) is 7.61. The number of carbonyl (C=O) groups excluding carboxylic acids is 1. The van der Waals surface area contributed by atoms with Crippen LogP contribution in [0.25, 0.3) is 5.69 Å². The number of ether oxygens (including phenoxy) is 2. The Bertz CT molecular complexity index is 1010. The zero-order chi connectivity index (χ0) is 21.6. The van der Waals surface area contributed by atoms with Gasteiger partial charge >= 0.3 is 0 Å². The molecular formula is C24H26FN3O3. The van der Waals surface area contributed by atoms with Crippen molar-refractivity contribution < 1.29 is 18.7 Å². The van der Waals surface area contributed by atoms with Crippen molar-refractivity contribution in [1.29, 1.82) is 0 Å². The molecule has 1 aliphatic rings. The lowest BCUT2D eigenvalue weighted by Gasteiger charge is -2.12. The molecule has 31 heavy (non-hydrogen) atoms. The molecule has 1 amide bonds. The van der Waals surface area contributed by atoms with Gasteiger partial charge in [-0.3, -0.25) is 4.79 Å². The number of aromatic nitrogens is 2. The van der Waals surface area contributed by atoms with Crippen molar-refractivity contribution in [3.8, 4) is 17.3 Å². The molecule has 1 fully saturated rings. The van der Waals surface area contributed by atoms with E-state index in [-0.39, 0.29) is 17.8 Å². The van der Waals surface area contributed by atoms with Crippen molar-refractivity contribution in [1.82, 2.24) is 15.1 Å². The molecule has 1 aromatic heterocycles. The topological polar surface area (TPSA) is 65.4 Å². The summed E-state index contributed by atoms with van der Waals surface area (Å²) in [5.74, 6) is 0.841. The number of hydrogen-bond acceptors (Lipinski definition) is 4. The van der Waals surface area contributed by atoms with Crippen molar-refractivity contribution in [2.45, 2.75) is 38.7 Å². The molecule has 1 N–H and O–H groups in total. The summed E-state index contributed by atoms with van der Waals surface area (Å²) < 4.78 is 26.8. The van der Waals surface area contributed by atoms with Gasteiger partial charge in [0.25, 0.3) is 0 Å². The third kappa shape index (κ3) is 5.30. The van der Waals surface area contributed by atoms with E-state index in [1.54, 1.807) is 16.8 Å². The number of hydrogen-bond donors (Lipinski definition) is 1. The molecule has 1 saturated heterocycles. The minimum Gasteiger partial charge on any atom is -0.439 e. The summed E-state index contributed by atoms with van der Waals surface area (Å²) in [5.41, 5.74) is 2.30. The Morgan fingerprint density at radius 1 is 1.23 bits per heavy atom. The minimum atomic E-state index is -0.318. The van der Waals surface area contributed by atoms with Crippen LogP contribution in [0.1, 0.15) is 30.5 Å². The van der Waals surface area contributed by atoms with Crippen molar-refractivity contribution in [3.05, 3.63) is 71.7 Å². The van der Waals surface area contributed by atoms with Crippen LogP contribution in [-0.4, -0.2) is 34.9 Å². The average molecular weight is 423 g/mol. The average Bonchev–Trinajstić information content (AvgIpc) is 3.40. The van der Waals surface area contributed by atoms with Crippen LogP contribution in [0, 0.1) is 12.7 Å². The number of halogens is 1. The number of carbonyl (C=O) groups is 1. The third-order valence-electron chi connectivity index (χ3n) is 5.32. The maximum atomic E-state index is 13.4. The quantitative estimate of drug-likeness (QED) is 0.585. The summed E-state index contributed by atoms with van der Waals surface area (Å²) in [4.78, 5) is 12.4.